The molecule has 0 amide bonds. The highest BCUT2D eigenvalue weighted by Gasteiger charge is 2.20. The molecule has 0 radical (unpaired) electrons. The lowest BCUT2D eigenvalue weighted by Gasteiger charge is -2.18. The van der Waals surface area contributed by atoms with Crippen LogP contribution in [0.15, 0.2) is 48.5 Å². The summed E-state index contributed by atoms with van der Waals surface area (Å²) in [6, 6.07) is 14.0. The summed E-state index contributed by atoms with van der Waals surface area (Å²) in [5.41, 5.74) is 2.60. The van der Waals surface area contributed by atoms with Gasteiger partial charge in [0.2, 0.25) is 0 Å². The zero-order chi connectivity index (χ0) is 18.1. The van der Waals surface area contributed by atoms with E-state index in [2.05, 4.69) is 5.10 Å². The van der Waals surface area contributed by atoms with E-state index in [1.54, 1.807) is 35.0 Å². The number of rotatable bonds is 4. The number of benzene rings is 2. The lowest BCUT2D eigenvalue weighted by molar-refractivity contribution is 0.107. The van der Waals surface area contributed by atoms with Crippen molar-refractivity contribution in [2.75, 3.05) is 0 Å². The first kappa shape index (κ1) is 18.3. The first-order valence-corrected chi connectivity index (χ1v) is 8.88. The van der Waals surface area contributed by atoms with Crippen LogP contribution in [0.5, 0.6) is 0 Å². The Hall–Kier alpha value is -1.52. The summed E-state index contributed by atoms with van der Waals surface area (Å²) in [7, 11) is 0. The Labute approximate surface area is 165 Å². The van der Waals surface area contributed by atoms with E-state index >= 15 is 0 Å². The van der Waals surface area contributed by atoms with E-state index in [4.69, 9.17) is 46.4 Å². The lowest BCUT2D eigenvalue weighted by atomic mass is 10.1. The van der Waals surface area contributed by atoms with E-state index in [9.17, 15) is 4.79 Å². The number of hydrogen-bond donors (Lipinski definition) is 0. The molecular weight excluding hydrogens is 402 g/mol. The molecule has 0 spiro atoms. The van der Waals surface area contributed by atoms with Gasteiger partial charge >= 0.3 is 0 Å². The molecule has 7 heteroatoms. The van der Waals surface area contributed by atoms with Crippen LogP contribution in [0.1, 0.15) is 29.0 Å². The summed E-state index contributed by atoms with van der Waals surface area (Å²) in [5.74, 6) is 0. The Morgan fingerprint density at radius 2 is 1.64 bits per heavy atom. The second kappa shape index (κ2) is 7.38. The smallest absolute Gasteiger partial charge is 0.272 e. The van der Waals surface area contributed by atoms with Crippen LogP contribution in [0.3, 0.4) is 0 Å². The molecule has 0 aliphatic carbocycles. The second-order valence-electron chi connectivity index (χ2n) is 5.48. The SMILES string of the molecule is CC(c1ccc(Cl)cc1Cl)n1nc(C(=O)Cl)cc1-c1ccc(Cl)cc1. The number of carbonyl (C=O) groups excluding carboxylic acids is 1. The molecule has 1 unspecified atom stereocenters. The summed E-state index contributed by atoms with van der Waals surface area (Å²) in [4.78, 5) is 11.6. The number of aromatic nitrogens is 2. The van der Waals surface area contributed by atoms with Crippen molar-refractivity contribution < 1.29 is 4.79 Å². The van der Waals surface area contributed by atoms with Gasteiger partial charge in [-0.3, -0.25) is 9.48 Å². The maximum atomic E-state index is 11.6. The van der Waals surface area contributed by atoms with Crippen molar-refractivity contribution in [1.29, 1.82) is 0 Å². The fourth-order valence-corrected chi connectivity index (χ4v) is 3.38. The third-order valence-electron chi connectivity index (χ3n) is 3.86. The highest BCUT2D eigenvalue weighted by Crippen LogP contribution is 2.32. The van der Waals surface area contributed by atoms with E-state index < -0.39 is 5.24 Å². The molecule has 0 N–H and O–H groups in total. The highest BCUT2D eigenvalue weighted by atomic mass is 35.5. The lowest BCUT2D eigenvalue weighted by Crippen LogP contribution is -2.11. The second-order valence-corrected chi connectivity index (χ2v) is 7.11. The Morgan fingerprint density at radius 3 is 2.24 bits per heavy atom. The fraction of sp³-hybridized carbons (Fsp3) is 0.111. The van der Waals surface area contributed by atoms with E-state index in [1.165, 1.54) is 0 Å². The van der Waals surface area contributed by atoms with Gasteiger partial charge in [-0.2, -0.15) is 5.10 Å². The average Bonchev–Trinajstić information content (AvgIpc) is 3.00. The highest BCUT2D eigenvalue weighted by molar-refractivity contribution is 6.67. The molecule has 0 saturated carbocycles. The van der Waals surface area contributed by atoms with Crippen LogP contribution in [0, 0.1) is 0 Å². The predicted molar refractivity (Wildman–Crippen MR) is 103 cm³/mol. The maximum absolute atomic E-state index is 11.6. The first-order chi connectivity index (χ1) is 11.9. The molecule has 3 aromatic rings. The standard InChI is InChI=1S/C18H12Cl4N2O/c1-10(14-7-6-13(20)8-15(14)21)24-17(9-16(23-24)18(22)25)11-2-4-12(19)5-3-11/h2-10H,1H3. The minimum absolute atomic E-state index is 0.170. The van der Waals surface area contributed by atoms with Crippen LogP contribution in [0.2, 0.25) is 15.1 Å². The number of hydrogen-bond acceptors (Lipinski definition) is 2. The van der Waals surface area contributed by atoms with Crippen molar-refractivity contribution >= 4 is 51.6 Å². The zero-order valence-electron chi connectivity index (χ0n) is 13.0. The molecule has 3 nitrogen and oxygen atoms in total. The minimum atomic E-state index is -0.622. The van der Waals surface area contributed by atoms with Crippen LogP contribution in [-0.2, 0) is 0 Å². The molecule has 2 aromatic carbocycles. The third kappa shape index (κ3) is 3.85. The summed E-state index contributed by atoms with van der Waals surface area (Å²) in [6.07, 6.45) is 0. The summed E-state index contributed by atoms with van der Waals surface area (Å²) in [6.45, 7) is 1.93. The normalized spacial score (nSPS) is 12.2. The molecule has 1 atom stereocenters. The Bertz CT molecular complexity index is 935. The molecule has 128 valence electrons. The third-order valence-corrected chi connectivity index (χ3v) is 4.86. The first-order valence-electron chi connectivity index (χ1n) is 7.37. The van der Waals surface area contributed by atoms with Crippen molar-refractivity contribution in [3.05, 3.63) is 74.9 Å². The van der Waals surface area contributed by atoms with Crippen molar-refractivity contribution in [2.45, 2.75) is 13.0 Å². The van der Waals surface area contributed by atoms with Gasteiger partial charge in [0.1, 0.15) is 5.69 Å². The summed E-state index contributed by atoms with van der Waals surface area (Å²) >= 11 is 23.9. The molecule has 1 heterocycles. The van der Waals surface area contributed by atoms with Crippen molar-refractivity contribution in [3.8, 4) is 11.3 Å². The number of carbonyl (C=O) groups is 1. The monoisotopic (exact) mass is 412 g/mol. The van der Waals surface area contributed by atoms with E-state index in [1.807, 2.05) is 25.1 Å². The summed E-state index contributed by atoms with van der Waals surface area (Å²) in [5, 5.41) is 5.44. The Balaban J connectivity index is 2.13. The molecule has 3 rings (SSSR count). The fourth-order valence-electron chi connectivity index (χ4n) is 2.59. The number of nitrogens with zero attached hydrogens (tertiary/aromatic N) is 2. The Morgan fingerprint density at radius 1 is 1.00 bits per heavy atom. The largest absolute Gasteiger partial charge is 0.274 e. The molecular formula is C18H12Cl4N2O. The minimum Gasteiger partial charge on any atom is -0.274 e. The van der Waals surface area contributed by atoms with Crippen LogP contribution in [0.25, 0.3) is 11.3 Å². The van der Waals surface area contributed by atoms with Crippen LogP contribution in [-0.4, -0.2) is 15.0 Å². The van der Waals surface area contributed by atoms with Crippen molar-refractivity contribution in [3.63, 3.8) is 0 Å². The average molecular weight is 414 g/mol. The molecule has 0 aliphatic heterocycles. The van der Waals surface area contributed by atoms with Gasteiger partial charge in [0.15, 0.2) is 0 Å². The van der Waals surface area contributed by atoms with Crippen molar-refractivity contribution in [2.24, 2.45) is 0 Å². The van der Waals surface area contributed by atoms with Gasteiger partial charge in [-0.15, -0.1) is 0 Å². The molecule has 0 saturated heterocycles. The molecule has 0 fully saturated rings. The van der Waals surface area contributed by atoms with Gasteiger partial charge in [-0.05, 0) is 60.0 Å². The molecule has 25 heavy (non-hydrogen) atoms. The quantitative estimate of drug-likeness (QED) is 0.457. The van der Waals surface area contributed by atoms with Crippen LogP contribution < -0.4 is 0 Å². The molecule has 0 bridgehead atoms. The van der Waals surface area contributed by atoms with Gasteiger partial charge in [0, 0.05) is 15.1 Å². The van der Waals surface area contributed by atoms with Crippen LogP contribution in [0.4, 0.5) is 0 Å². The van der Waals surface area contributed by atoms with E-state index in [0.29, 0.717) is 15.1 Å². The van der Waals surface area contributed by atoms with E-state index in [-0.39, 0.29) is 11.7 Å². The van der Waals surface area contributed by atoms with Gasteiger partial charge in [0.25, 0.3) is 5.24 Å². The predicted octanol–water partition coefficient (Wildman–Crippen LogP) is 6.50. The van der Waals surface area contributed by atoms with Crippen molar-refractivity contribution in [1.82, 2.24) is 9.78 Å². The van der Waals surface area contributed by atoms with E-state index in [0.717, 1.165) is 16.8 Å². The molecule has 1 aromatic heterocycles. The summed E-state index contributed by atoms with van der Waals surface area (Å²) < 4.78 is 1.72. The maximum Gasteiger partial charge on any atom is 0.272 e. The number of halogens is 4. The van der Waals surface area contributed by atoms with Gasteiger partial charge in [0.05, 0.1) is 11.7 Å². The van der Waals surface area contributed by atoms with Crippen LogP contribution >= 0.6 is 46.4 Å². The topological polar surface area (TPSA) is 34.9 Å². The zero-order valence-corrected chi connectivity index (χ0v) is 16.0. The Kier molecular flexibility index (Phi) is 5.40. The van der Waals surface area contributed by atoms with Gasteiger partial charge < -0.3 is 0 Å². The van der Waals surface area contributed by atoms with Gasteiger partial charge in [-0.25, -0.2) is 0 Å². The molecule has 0 aliphatic rings. The van der Waals surface area contributed by atoms with Gasteiger partial charge in [-0.1, -0.05) is 53.0 Å².